The lowest BCUT2D eigenvalue weighted by atomic mass is 10.4. The molecular formula is C9H5N3O. The van der Waals surface area contributed by atoms with Gasteiger partial charge in [0.15, 0.2) is 5.76 Å². The molecule has 4 heteroatoms. The van der Waals surface area contributed by atoms with Gasteiger partial charge in [-0.1, -0.05) is 0 Å². The minimum atomic E-state index is 0.436. The fourth-order valence-corrected chi connectivity index (χ4v) is 0.771. The summed E-state index contributed by atoms with van der Waals surface area (Å²) in [7, 11) is 0. The molecule has 0 atom stereocenters. The van der Waals surface area contributed by atoms with Gasteiger partial charge in [0.2, 0.25) is 5.82 Å². The van der Waals surface area contributed by atoms with Crippen LogP contribution in [0.4, 0.5) is 0 Å². The van der Waals surface area contributed by atoms with Crippen molar-refractivity contribution in [1.82, 2.24) is 15.0 Å². The lowest BCUT2D eigenvalue weighted by Gasteiger charge is -1.82. The summed E-state index contributed by atoms with van der Waals surface area (Å²) in [6.07, 6.45) is 4.37. The van der Waals surface area contributed by atoms with E-state index in [1.165, 1.54) is 12.7 Å². The predicted octanol–water partition coefficient (Wildman–Crippen LogP) is 0.864. The van der Waals surface area contributed by atoms with Crippen LogP contribution in [0.15, 0.2) is 35.5 Å². The SMILES string of the molecule is C(#Cc1ccco1)c1ncncn1. The topological polar surface area (TPSA) is 51.8 Å². The molecular weight excluding hydrogens is 166 g/mol. The van der Waals surface area contributed by atoms with Gasteiger partial charge in [0.25, 0.3) is 0 Å². The Bertz CT molecular complexity index is 425. The summed E-state index contributed by atoms with van der Waals surface area (Å²) in [4.78, 5) is 11.4. The summed E-state index contributed by atoms with van der Waals surface area (Å²) in [6, 6.07) is 3.55. The fourth-order valence-electron chi connectivity index (χ4n) is 0.771. The first-order valence-corrected chi connectivity index (χ1v) is 3.63. The molecule has 62 valence electrons. The van der Waals surface area contributed by atoms with Crippen molar-refractivity contribution >= 4 is 0 Å². The molecule has 0 saturated heterocycles. The lowest BCUT2D eigenvalue weighted by Crippen LogP contribution is -1.87. The summed E-state index contributed by atoms with van der Waals surface area (Å²) < 4.78 is 5.01. The van der Waals surface area contributed by atoms with Crippen LogP contribution in [0, 0.1) is 11.8 Å². The smallest absolute Gasteiger partial charge is 0.208 e. The van der Waals surface area contributed by atoms with Crippen molar-refractivity contribution in [2.75, 3.05) is 0 Å². The molecule has 13 heavy (non-hydrogen) atoms. The van der Waals surface area contributed by atoms with E-state index >= 15 is 0 Å². The first kappa shape index (κ1) is 7.50. The Morgan fingerprint density at radius 1 is 1.15 bits per heavy atom. The second kappa shape index (κ2) is 3.50. The average molecular weight is 171 g/mol. The summed E-state index contributed by atoms with van der Waals surface area (Å²) >= 11 is 0. The highest BCUT2D eigenvalue weighted by molar-refractivity contribution is 5.30. The Balaban J connectivity index is 2.23. The molecule has 0 aliphatic rings. The molecule has 0 saturated carbocycles. The van der Waals surface area contributed by atoms with E-state index < -0.39 is 0 Å². The normalized spacial score (nSPS) is 8.92. The molecule has 0 aliphatic heterocycles. The first-order valence-electron chi connectivity index (χ1n) is 3.63. The van der Waals surface area contributed by atoms with Crippen LogP contribution in [0.3, 0.4) is 0 Å². The Kier molecular flexibility index (Phi) is 2.02. The standard InChI is InChI=1S/C9H5N3O/c1-2-8(13-5-1)3-4-9-11-6-10-7-12-9/h1-2,5-7H. The van der Waals surface area contributed by atoms with Crippen LogP contribution in [0.5, 0.6) is 0 Å². The molecule has 0 aliphatic carbocycles. The molecule has 4 nitrogen and oxygen atoms in total. The maximum atomic E-state index is 5.01. The van der Waals surface area contributed by atoms with Crippen molar-refractivity contribution in [3.05, 3.63) is 42.6 Å². The van der Waals surface area contributed by atoms with Crippen molar-refractivity contribution in [3.8, 4) is 11.8 Å². The molecule has 0 fully saturated rings. The van der Waals surface area contributed by atoms with Crippen LogP contribution in [0.2, 0.25) is 0 Å². The van der Waals surface area contributed by atoms with E-state index in [0.29, 0.717) is 11.6 Å². The number of hydrogen-bond acceptors (Lipinski definition) is 4. The average Bonchev–Trinajstić information content (AvgIpc) is 2.69. The third kappa shape index (κ3) is 1.91. The summed E-state index contributed by atoms with van der Waals surface area (Å²) in [5.74, 6) is 6.55. The maximum Gasteiger partial charge on any atom is 0.208 e. The Hall–Kier alpha value is -2.15. The molecule has 0 spiro atoms. The van der Waals surface area contributed by atoms with Crippen molar-refractivity contribution in [1.29, 1.82) is 0 Å². The molecule has 2 aromatic heterocycles. The van der Waals surface area contributed by atoms with Gasteiger partial charge in [-0.3, -0.25) is 0 Å². The van der Waals surface area contributed by atoms with Gasteiger partial charge in [0.1, 0.15) is 12.7 Å². The second-order valence-corrected chi connectivity index (χ2v) is 2.19. The minimum absolute atomic E-state index is 0.436. The number of rotatable bonds is 0. The summed E-state index contributed by atoms with van der Waals surface area (Å²) in [5.41, 5.74) is 0. The predicted molar refractivity (Wildman–Crippen MR) is 44.5 cm³/mol. The van der Waals surface area contributed by atoms with Crippen molar-refractivity contribution in [2.24, 2.45) is 0 Å². The third-order valence-electron chi connectivity index (χ3n) is 1.31. The van der Waals surface area contributed by atoms with Gasteiger partial charge < -0.3 is 4.42 Å². The van der Waals surface area contributed by atoms with E-state index in [-0.39, 0.29) is 0 Å². The second-order valence-electron chi connectivity index (χ2n) is 2.19. The number of hydrogen-bond donors (Lipinski definition) is 0. The molecule has 0 radical (unpaired) electrons. The van der Waals surface area contributed by atoms with Gasteiger partial charge in [-0.05, 0) is 24.0 Å². The van der Waals surface area contributed by atoms with Gasteiger partial charge >= 0.3 is 0 Å². The van der Waals surface area contributed by atoms with Crippen molar-refractivity contribution < 1.29 is 4.42 Å². The monoisotopic (exact) mass is 171 g/mol. The number of aromatic nitrogens is 3. The minimum Gasteiger partial charge on any atom is -0.456 e. The summed E-state index contributed by atoms with van der Waals surface area (Å²) in [6.45, 7) is 0. The Morgan fingerprint density at radius 3 is 2.69 bits per heavy atom. The lowest BCUT2D eigenvalue weighted by molar-refractivity contribution is 0.554. The van der Waals surface area contributed by atoms with Crippen molar-refractivity contribution in [2.45, 2.75) is 0 Å². The van der Waals surface area contributed by atoms with Gasteiger partial charge in [-0.2, -0.15) is 0 Å². The van der Waals surface area contributed by atoms with Crippen LogP contribution in [-0.2, 0) is 0 Å². The van der Waals surface area contributed by atoms with E-state index in [2.05, 4.69) is 26.8 Å². The third-order valence-corrected chi connectivity index (χ3v) is 1.31. The Morgan fingerprint density at radius 2 is 2.00 bits per heavy atom. The first-order chi connectivity index (χ1) is 6.45. The largest absolute Gasteiger partial charge is 0.456 e. The van der Waals surface area contributed by atoms with E-state index in [0.717, 1.165) is 0 Å². The van der Waals surface area contributed by atoms with E-state index in [9.17, 15) is 0 Å². The fraction of sp³-hybridized carbons (Fsp3) is 0. The quantitative estimate of drug-likeness (QED) is 0.552. The molecule has 0 bridgehead atoms. The number of nitrogens with zero attached hydrogens (tertiary/aromatic N) is 3. The van der Waals surface area contributed by atoms with E-state index in [4.69, 9.17) is 4.42 Å². The molecule has 0 aromatic carbocycles. The maximum absolute atomic E-state index is 5.01. The van der Waals surface area contributed by atoms with Crippen LogP contribution >= 0.6 is 0 Å². The van der Waals surface area contributed by atoms with Crippen molar-refractivity contribution in [3.63, 3.8) is 0 Å². The summed E-state index contributed by atoms with van der Waals surface area (Å²) in [5, 5.41) is 0. The van der Waals surface area contributed by atoms with Gasteiger partial charge in [-0.15, -0.1) is 0 Å². The molecule has 0 unspecified atom stereocenters. The zero-order valence-electron chi connectivity index (χ0n) is 6.64. The van der Waals surface area contributed by atoms with Crippen LogP contribution in [0.1, 0.15) is 11.6 Å². The van der Waals surface area contributed by atoms with Gasteiger partial charge in [-0.25, -0.2) is 15.0 Å². The van der Waals surface area contributed by atoms with Gasteiger partial charge in [0.05, 0.1) is 6.26 Å². The molecule has 2 rings (SSSR count). The molecule has 2 aromatic rings. The zero-order chi connectivity index (χ0) is 8.93. The van der Waals surface area contributed by atoms with Gasteiger partial charge in [0, 0.05) is 0 Å². The highest BCUT2D eigenvalue weighted by atomic mass is 16.3. The highest BCUT2D eigenvalue weighted by Crippen LogP contribution is 1.96. The highest BCUT2D eigenvalue weighted by Gasteiger charge is 1.88. The van der Waals surface area contributed by atoms with Crippen LogP contribution in [0.25, 0.3) is 0 Å². The zero-order valence-corrected chi connectivity index (χ0v) is 6.64. The Labute approximate surface area is 74.7 Å². The molecule has 0 N–H and O–H groups in total. The van der Waals surface area contributed by atoms with Crippen LogP contribution < -0.4 is 0 Å². The molecule has 0 amide bonds. The van der Waals surface area contributed by atoms with Crippen LogP contribution in [-0.4, -0.2) is 15.0 Å². The van der Waals surface area contributed by atoms with E-state index in [1.54, 1.807) is 18.4 Å². The molecule has 2 heterocycles. The van der Waals surface area contributed by atoms with E-state index in [1.807, 2.05) is 0 Å². The number of furan rings is 1.